The Bertz CT molecular complexity index is 385. The Balaban J connectivity index is 1.95. The molecule has 0 amide bonds. The van der Waals surface area contributed by atoms with Crippen LogP contribution in [0.25, 0.3) is 0 Å². The number of hydrogen-bond donors (Lipinski definition) is 2. The molecule has 0 saturated carbocycles. The molecule has 1 fully saturated rings. The summed E-state index contributed by atoms with van der Waals surface area (Å²) >= 11 is 0. The first-order chi connectivity index (χ1) is 9.69. The average Bonchev–Trinajstić information content (AvgIpc) is 2.46. The van der Waals surface area contributed by atoms with Gasteiger partial charge in [0.1, 0.15) is 0 Å². The van der Waals surface area contributed by atoms with Crippen molar-refractivity contribution in [1.29, 1.82) is 0 Å². The van der Waals surface area contributed by atoms with E-state index in [1.54, 1.807) is 0 Å². The van der Waals surface area contributed by atoms with Gasteiger partial charge in [0.25, 0.3) is 0 Å². The Morgan fingerprint density at radius 2 is 1.85 bits per heavy atom. The van der Waals surface area contributed by atoms with E-state index in [-0.39, 0.29) is 6.04 Å². The maximum atomic E-state index is 5.92. The zero-order valence-corrected chi connectivity index (χ0v) is 12.6. The zero-order chi connectivity index (χ0) is 14.4. The third-order valence-corrected chi connectivity index (χ3v) is 3.61. The van der Waals surface area contributed by atoms with E-state index in [4.69, 9.17) is 10.5 Å². The molecule has 1 aromatic carbocycles. The first kappa shape index (κ1) is 15.4. The first-order valence-corrected chi connectivity index (χ1v) is 7.57. The van der Waals surface area contributed by atoms with E-state index >= 15 is 0 Å². The van der Waals surface area contributed by atoms with Gasteiger partial charge < -0.3 is 10.5 Å². The number of hydrogen-bond acceptors (Lipinski definition) is 4. The van der Waals surface area contributed by atoms with Crippen LogP contribution in [-0.2, 0) is 11.2 Å². The highest BCUT2D eigenvalue weighted by atomic mass is 16.5. The van der Waals surface area contributed by atoms with E-state index in [0.29, 0.717) is 12.5 Å². The lowest BCUT2D eigenvalue weighted by molar-refractivity contribution is 0.00405. The van der Waals surface area contributed by atoms with Crippen molar-refractivity contribution >= 4 is 0 Å². The van der Waals surface area contributed by atoms with Gasteiger partial charge in [0.15, 0.2) is 0 Å². The third-order valence-electron chi connectivity index (χ3n) is 3.61. The lowest BCUT2D eigenvalue weighted by atomic mass is 9.99. The SMILES string of the molecule is CC(C)Cc1ccc(C(CN)NN2CCOCC2)cc1. The van der Waals surface area contributed by atoms with Crippen molar-refractivity contribution < 1.29 is 4.74 Å². The molecule has 2 rings (SSSR count). The highest BCUT2D eigenvalue weighted by Crippen LogP contribution is 2.16. The maximum absolute atomic E-state index is 5.92. The number of ether oxygens (including phenoxy) is 1. The zero-order valence-electron chi connectivity index (χ0n) is 12.6. The molecule has 1 aliphatic heterocycles. The van der Waals surface area contributed by atoms with Crippen LogP contribution in [0.1, 0.15) is 31.0 Å². The van der Waals surface area contributed by atoms with Gasteiger partial charge in [-0.3, -0.25) is 0 Å². The van der Waals surface area contributed by atoms with Crippen molar-refractivity contribution in [3.63, 3.8) is 0 Å². The van der Waals surface area contributed by atoms with Crippen molar-refractivity contribution in [2.24, 2.45) is 11.7 Å². The number of nitrogens with one attached hydrogen (secondary N) is 1. The molecule has 20 heavy (non-hydrogen) atoms. The largest absolute Gasteiger partial charge is 0.379 e. The quantitative estimate of drug-likeness (QED) is 0.831. The minimum absolute atomic E-state index is 0.182. The molecular formula is C16H27N3O. The van der Waals surface area contributed by atoms with Crippen molar-refractivity contribution in [3.05, 3.63) is 35.4 Å². The Morgan fingerprint density at radius 3 is 2.40 bits per heavy atom. The highest BCUT2D eigenvalue weighted by molar-refractivity contribution is 5.25. The van der Waals surface area contributed by atoms with Gasteiger partial charge in [-0.05, 0) is 23.5 Å². The fraction of sp³-hybridized carbons (Fsp3) is 0.625. The molecule has 1 unspecified atom stereocenters. The molecule has 3 N–H and O–H groups in total. The molecule has 0 spiro atoms. The molecule has 1 atom stereocenters. The van der Waals surface area contributed by atoms with E-state index < -0.39 is 0 Å². The van der Waals surface area contributed by atoms with E-state index in [1.165, 1.54) is 11.1 Å². The van der Waals surface area contributed by atoms with Crippen LogP contribution in [0, 0.1) is 5.92 Å². The highest BCUT2D eigenvalue weighted by Gasteiger charge is 2.16. The minimum atomic E-state index is 0.182. The summed E-state index contributed by atoms with van der Waals surface area (Å²) in [4.78, 5) is 0. The second-order valence-corrected chi connectivity index (χ2v) is 5.86. The van der Waals surface area contributed by atoms with Crippen molar-refractivity contribution in [3.8, 4) is 0 Å². The number of rotatable bonds is 6. The van der Waals surface area contributed by atoms with E-state index in [1.807, 2.05) is 0 Å². The van der Waals surface area contributed by atoms with E-state index in [2.05, 4.69) is 48.5 Å². The lowest BCUT2D eigenvalue weighted by Gasteiger charge is -2.31. The normalized spacial score (nSPS) is 18.4. The van der Waals surface area contributed by atoms with Crippen LogP contribution in [0.15, 0.2) is 24.3 Å². The maximum Gasteiger partial charge on any atom is 0.0608 e. The van der Waals surface area contributed by atoms with Gasteiger partial charge in [-0.2, -0.15) is 0 Å². The Labute approximate surface area is 122 Å². The Kier molecular flexibility index (Phi) is 5.98. The van der Waals surface area contributed by atoms with Crippen LogP contribution in [0.3, 0.4) is 0 Å². The lowest BCUT2D eigenvalue weighted by Crippen LogP contribution is -2.48. The van der Waals surface area contributed by atoms with Gasteiger partial charge >= 0.3 is 0 Å². The molecule has 4 nitrogen and oxygen atoms in total. The van der Waals surface area contributed by atoms with Gasteiger partial charge in [-0.25, -0.2) is 10.4 Å². The monoisotopic (exact) mass is 277 g/mol. The van der Waals surface area contributed by atoms with Gasteiger partial charge in [0.05, 0.1) is 19.3 Å². The summed E-state index contributed by atoms with van der Waals surface area (Å²) in [6.45, 7) is 8.51. The van der Waals surface area contributed by atoms with Crippen molar-refractivity contribution in [2.45, 2.75) is 26.3 Å². The number of nitrogens with zero attached hydrogens (tertiary/aromatic N) is 1. The van der Waals surface area contributed by atoms with Gasteiger partial charge in [0, 0.05) is 19.6 Å². The summed E-state index contributed by atoms with van der Waals surface area (Å²) in [5.74, 6) is 0.692. The summed E-state index contributed by atoms with van der Waals surface area (Å²) < 4.78 is 5.36. The summed E-state index contributed by atoms with van der Waals surface area (Å²) in [6.07, 6.45) is 1.13. The van der Waals surface area contributed by atoms with Crippen LogP contribution < -0.4 is 11.2 Å². The van der Waals surface area contributed by atoms with Crippen LogP contribution in [-0.4, -0.2) is 37.9 Å². The Hall–Kier alpha value is -0.940. The fourth-order valence-corrected chi connectivity index (χ4v) is 2.53. The number of nitrogens with two attached hydrogens (primary N) is 1. The predicted octanol–water partition coefficient (Wildman–Crippen LogP) is 1.72. The molecule has 0 radical (unpaired) electrons. The Morgan fingerprint density at radius 1 is 1.20 bits per heavy atom. The topological polar surface area (TPSA) is 50.5 Å². The summed E-state index contributed by atoms with van der Waals surface area (Å²) in [5, 5.41) is 2.21. The smallest absolute Gasteiger partial charge is 0.0608 e. The second kappa shape index (κ2) is 7.74. The summed E-state index contributed by atoms with van der Waals surface area (Å²) in [5.41, 5.74) is 12.1. The van der Waals surface area contributed by atoms with Crippen LogP contribution in [0.2, 0.25) is 0 Å². The standard InChI is InChI=1S/C16H27N3O/c1-13(2)11-14-3-5-15(6-4-14)16(12-17)18-19-7-9-20-10-8-19/h3-6,13,16,18H,7-12,17H2,1-2H3. The average molecular weight is 277 g/mol. The third kappa shape index (κ3) is 4.56. The summed E-state index contributed by atoms with van der Waals surface area (Å²) in [6, 6.07) is 9.02. The molecule has 1 heterocycles. The molecule has 4 heteroatoms. The first-order valence-electron chi connectivity index (χ1n) is 7.57. The van der Waals surface area contributed by atoms with Crippen LogP contribution in [0.4, 0.5) is 0 Å². The molecule has 1 aromatic rings. The molecule has 112 valence electrons. The van der Waals surface area contributed by atoms with Crippen LogP contribution in [0.5, 0.6) is 0 Å². The van der Waals surface area contributed by atoms with Crippen LogP contribution >= 0.6 is 0 Å². The van der Waals surface area contributed by atoms with Gasteiger partial charge in [-0.1, -0.05) is 38.1 Å². The molecule has 1 saturated heterocycles. The summed E-state index contributed by atoms with van der Waals surface area (Å²) in [7, 11) is 0. The van der Waals surface area contributed by atoms with Gasteiger partial charge in [-0.15, -0.1) is 0 Å². The number of hydrazine groups is 1. The molecule has 1 aliphatic rings. The number of benzene rings is 1. The molecular weight excluding hydrogens is 250 g/mol. The van der Waals surface area contributed by atoms with Gasteiger partial charge in [0.2, 0.25) is 0 Å². The van der Waals surface area contributed by atoms with E-state index in [0.717, 1.165) is 32.7 Å². The van der Waals surface area contributed by atoms with Crippen molar-refractivity contribution in [1.82, 2.24) is 10.4 Å². The number of morpholine rings is 1. The fourth-order valence-electron chi connectivity index (χ4n) is 2.53. The molecule has 0 aliphatic carbocycles. The molecule has 0 bridgehead atoms. The van der Waals surface area contributed by atoms with E-state index in [9.17, 15) is 0 Å². The molecule has 0 aromatic heterocycles. The minimum Gasteiger partial charge on any atom is -0.379 e. The second-order valence-electron chi connectivity index (χ2n) is 5.86. The predicted molar refractivity (Wildman–Crippen MR) is 82.3 cm³/mol. The van der Waals surface area contributed by atoms with Crippen molar-refractivity contribution in [2.75, 3.05) is 32.8 Å².